The predicted octanol–water partition coefficient (Wildman–Crippen LogP) is 0.952. The average molecular weight is 126 g/mol. The molecule has 0 saturated heterocycles. The van der Waals surface area contributed by atoms with E-state index in [2.05, 4.69) is 6.58 Å². The highest BCUT2D eigenvalue weighted by Gasteiger charge is 1.94. The minimum absolute atomic E-state index is 0.608. The maximum absolute atomic E-state index is 10.0. The highest BCUT2D eigenvalue weighted by Crippen LogP contribution is 1.85. The quantitative estimate of drug-likeness (QED) is 0.397. The Morgan fingerprint density at radius 1 is 1.78 bits per heavy atom. The molecule has 0 aliphatic rings. The maximum Gasteiger partial charge on any atom is 0.312 e. The van der Waals surface area contributed by atoms with Gasteiger partial charge in [-0.15, -0.1) is 6.58 Å². The van der Waals surface area contributed by atoms with Gasteiger partial charge in [-0.2, -0.15) is 0 Å². The Bertz CT molecular complexity index is 90.9. The zero-order chi connectivity index (χ0) is 7.11. The molecule has 0 aliphatic heterocycles. The van der Waals surface area contributed by atoms with Crippen molar-refractivity contribution >= 4 is 6.41 Å². The third-order valence-corrected chi connectivity index (χ3v) is 0.972. The molecule has 0 heterocycles. The van der Waals surface area contributed by atoms with Gasteiger partial charge in [0.2, 0.25) is 0 Å². The monoisotopic (exact) mass is 126 g/mol. The van der Waals surface area contributed by atoms with E-state index in [0.717, 1.165) is 13.0 Å². The first-order chi connectivity index (χ1) is 4.35. The van der Waals surface area contributed by atoms with Crippen molar-refractivity contribution in [3.63, 3.8) is 0 Å². The van der Waals surface area contributed by atoms with Gasteiger partial charge in [-0.1, -0.05) is 13.0 Å². The molecule has 0 bridgehead atoms. The van der Waals surface area contributed by atoms with Gasteiger partial charge >= 0.3 is 6.41 Å². The van der Waals surface area contributed by atoms with Gasteiger partial charge in [0.05, 0.1) is 0 Å². The van der Waals surface area contributed by atoms with E-state index in [0.29, 0.717) is 6.54 Å². The molecule has 0 rings (SSSR count). The maximum atomic E-state index is 10.0. The summed E-state index contributed by atoms with van der Waals surface area (Å²) in [6, 6.07) is 0. The van der Waals surface area contributed by atoms with Crippen LogP contribution in [0.5, 0.6) is 0 Å². The van der Waals surface area contributed by atoms with E-state index in [4.69, 9.17) is 0 Å². The summed E-state index contributed by atoms with van der Waals surface area (Å²) >= 11 is 0. The molecule has 0 aromatic carbocycles. The second-order valence-corrected chi connectivity index (χ2v) is 1.83. The molecule has 0 aromatic heterocycles. The summed E-state index contributed by atoms with van der Waals surface area (Å²) in [4.78, 5) is 11.6. The fraction of sp³-hybridized carbons (Fsp3) is 0.571. The number of hydrogen-bond acceptors (Lipinski definition) is 1. The fourth-order valence-electron chi connectivity index (χ4n) is 0.600. The van der Waals surface area contributed by atoms with Gasteiger partial charge in [-0.3, -0.25) is 4.79 Å². The van der Waals surface area contributed by atoms with Crippen molar-refractivity contribution in [1.82, 2.24) is 4.90 Å². The van der Waals surface area contributed by atoms with Gasteiger partial charge < -0.3 is 4.90 Å². The molecule has 1 amide bonds. The molecule has 0 unspecified atom stereocenters. The van der Waals surface area contributed by atoms with Crippen molar-refractivity contribution in [3.8, 4) is 0 Å². The van der Waals surface area contributed by atoms with Crippen molar-refractivity contribution in [2.24, 2.45) is 0 Å². The Kier molecular flexibility index (Phi) is 4.88. The highest BCUT2D eigenvalue weighted by atomic mass is 16.1. The topological polar surface area (TPSA) is 20.3 Å². The lowest BCUT2D eigenvalue weighted by atomic mass is 10.4. The molecule has 0 aliphatic carbocycles. The standard InChI is InChI=1S/C7H12NO/c1-3-5-8(7-9)6-4-2/h3H,1,4-6H2,2H3. The molecule has 0 spiro atoms. The zero-order valence-corrected chi connectivity index (χ0v) is 5.76. The van der Waals surface area contributed by atoms with E-state index in [-0.39, 0.29) is 0 Å². The second kappa shape index (κ2) is 5.35. The summed E-state index contributed by atoms with van der Waals surface area (Å²) in [5.41, 5.74) is 0. The first kappa shape index (κ1) is 8.21. The van der Waals surface area contributed by atoms with Crippen molar-refractivity contribution in [2.75, 3.05) is 13.1 Å². The molecule has 9 heavy (non-hydrogen) atoms. The lowest BCUT2D eigenvalue weighted by Gasteiger charge is -2.10. The van der Waals surface area contributed by atoms with Gasteiger partial charge in [0.15, 0.2) is 0 Å². The Hall–Kier alpha value is -0.790. The van der Waals surface area contributed by atoms with E-state index in [9.17, 15) is 4.79 Å². The summed E-state index contributed by atoms with van der Waals surface area (Å²) in [7, 11) is 0. The number of carbonyl (C=O) groups excluding carboxylic acids is 1. The average Bonchev–Trinajstić information content (AvgIpc) is 1.88. The van der Waals surface area contributed by atoms with Crippen LogP contribution in [0.2, 0.25) is 0 Å². The van der Waals surface area contributed by atoms with E-state index >= 15 is 0 Å². The van der Waals surface area contributed by atoms with E-state index in [1.165, 1.54) is 0 Å². The summed E-state index contributed by atoms with van der Waals surface area (Å²) in [5.74, 6) is 0. The first-order valence-electron chi connectivity index (χ1n) is 3.08. The van der Waals surface area contributed by atoms with Gasteiger partial charge in [-0.25, -0.2) is 0 Å². The first-order valence-corrected chi connectivity index (χ1v) is 3.08. The fourth-order valence-corrected chi connectivity index (χ4v) is 0.600. The summed E-state index contributed by atoms with van der Waals surface area (Å²) in [5, 5.41) is 0. The number of rotatable bonds is 5. The normalized spacial score (nSPS) is 8.56. The van der Waals surface area contributed by atoms with Crippen LogP contribution in [0.1, 0.15) is 13.3 Å². The number of amides is 1. The molecule has 0 aromatic rings. The van der Waals surface area contributed by atoms with Gasteiger partial charge in [0.1, 0.15) is 0 Å². The van der Waals surface area contributed by atoms with Crippen LogP contribution in [-0.4, -0.2) is 24.4 Å². The van der Waals surface area contributed by atoms with Crippen LogP contribution in [0.4, 0.5) is 0 Å². The molecular formula is C7H12NO. The van der Waals surface area contributed by atoms with Gasteiger partial charge in [-0.05, 0) is 6.42 Å². The summed E-state index contributed by atoms with van der Waals surface area (Å²) < 4.78 is 0. The van der Waals surface area contributed by atoms with Crippen LogP contribution < -0.4 is 0 Å². The number of nitrogens with zero attached hydrogens (tertiary/aromatic N) is 1. The molecule has 1 radical (unpaired) electrons. The molecule has 51 valence electrons. The molecule has 2 nitrogen and oxygen atoms in total. The summed E-state index contributed by atoms with van der Waals surface area (Å²) in [6.07, 6.45) is 4.49. The highest BCUT2D eigenvalue weighted by molar-refractivity contribution is 5.48. The van der Waals surface area contributed by atoms with Crippen molar-refractivity contribution in [1.29, 1.82) is 0 Å². The van der Waals surface area contributed by atoms with E-state index < -0.39 is 0 Å². The smallest absolute Gasteiger partial charge is 0.312 e. The molecule has 2 heteroatoms. The molecule has 0 fully saturated rings. The van der Waals surface area contributed by atoms with Crippen LogP contribution >= 0.6 is 0 Å². The Morgan fingerprint density at radius 2 is 2.44 bits per heavy atom. The van der Waals surface area contributed by atoms with Crippen LogP contribution in [-0.2, 0) is 4.79 Å². The molecule has 0 N–H and O–H groups in total. The Labute approximate surface area is 56.2 Å². The van der Waals surface area contributed by atoms with Crippen molar-refractivity contribution < 1.29 is 4.79 Å². The number of hydrogen-bond donors (Lipinski definition) is 0. The molecule has 0 atom stereocenters. The zero-order valence-electron chi connectivity index (χ0n) is 5.76. The van der Waals surface area contributed by atoms with E-state index in [1.807, 2.05) is 13.3 Å². The lowest BCUT2D eigenvalue weighted by molar-refractivity contribution is 0.408. The molecular weight excluding hydrogens is 114 g/mol. The minimum Gasteiger partial charge on any atom is -0.331 e. The predicted molar refractivity (Wildman–Crippen MR) is 37.8 cm³/mol. The van der Waals surface area contributed by atoms with Crippen molar-refractivity contribution in [3.05, 3.63) is 12.7 Å². The third-order valence-electron chi connectivity index (χ3n) is 0.972. The second-order valence-electron chi connectivity index (χ2n) is 1.83. The largest absolute Gasteiger partial charge is 0.331 e. The minimum atomic E-state index is 0.608. The third kappa shape index (κ3) is 3.76. The Morgan fingerprint density at radius 3 is 2.78 bits per heavy atom. The summed E-state index contributed by atoms with van der Waals surface area (Å²) in [6.45, 7) is 6.91. The SMILES string of the molecule is C=CCN([C]=O)CCC. The van der Waals surface area contributed by atoms with Crippen LogP contribution in [0.3, 0.4) is 0 Å². The molecule has 0 saturated carbocycles. The van der Waals surface area contributed by atoms with E-state index in [1.54, 1.807) is 11.0 Å². The van der Waals surface area contributed by atoms with Gasteiger partial charge in [0, 0.05) is 13.1 Å². The lowest BCUT2D eigenvalue weighted by Crippen LogP contribution is -2.22. The van der Waals surface area contributed by atoms with Crippen LogP contribution in [0, 0.1) is 0 Å². The van der Waals surface area contributed by atoms with Crippen molar-refractivity contribution in [2.45, 2.75) is 13.3 Å². The van der Waals surface area contributed by atoms with Crippen LogP contribution in [0.25, 0.3) is 0 Å². The Balaban J connectivity index is 3.40. The van der Waals surface area contributed by atoms with Gasteiger partial charge in [0.25, 0.3) is 0 Å². The van der Waals surface area contributed by atoms with Crippen LogP contribution in [0.15, 0.2) is 12.7 Å².